The summed E-state index contributed by atoms with van der Waals surface area (Å²) in [5.74, 6) is 0. The van der Waals surface area contributed by atoms with E-state index in [0.29, 0.717) is 12.1 Å². The van der Waals surface area contributed by atoms with Gasteiger partial charge in [-0.15, -0.1) is 0 Å². The number of rotatable bonds is 4. The van der Waals surface area contributed by atoms with Gasteiger partial charge in [0.25, 0.3) is 0 Å². The third kappa shape index (κ3) is 3.53. The Labute approximate surface area is 233 Å². The normalized spacial score (nSPS) is 19.1. The van der Waals surface area contributed by atoms with Crippen molar-refractivity contribution in [2.45, 2.75) is 18.5 Å². The van der Waals surface area contributed by atoms with Crippen molar-refractivity contribution >= 4 is 38.2 Å². The lowest BCUT2D eigenvalue weighted by Crippen LogP contribution is -2.44. The molecule has 0 radical (unpaired) electrons. The zero-order chi connectivity index (χ0) is 26.1. The number of pyridine rings is 1. The molecule has 2 fully saturated rings. The van der Waals surface area contributed by atoms with Crippen molar-refractivity contribution in [1.29, 1.82) is 0 Å². The van der Waals surface area contributed by atoms with Gasteiger partial charge < -0.3 is 4.90 Å². The van der Waals surface area contributed by atoms with E-state index < -0.39 is 0 Å². The second-order valence-corrected chi connectivity index (χ2v) is 11.3. The van der Waals surface area contributed by atoms with Crippen molar-refractivity contribution in [2.75, 3.05) is 25.0 Å². The molecule has 0 aliphatic carbocycles. The minimum atomic E-state index is 0.590. The number of anilines is 1. The molecule has 8 rings (SSSR count). The van der Waals surface area contributed by atoms with Crippen molar-refractivity contribution in [3.63, 3.8) is 0 Å². The summed E-state index contributed by atoms with van der Waals surface area (Å²) >= 11 is 3.90. The molecule has 6 heterocycles. The maximum absolute atomic E-state index is 5.17. The van der Waals surface area contributed by atoms with Gasteiger partial charge in [0, 0.05) is 70.4 Å². The predicted octanol–water partition coefficient (Wildman–Crippen LogP) is 5.66. The molecule has 9 heteroatoms. The number of H-pyrrole nitrogens is 1. The third-order valence-electron chi connectivity index (χ3n) is 8.30. The summed E-state index contributed by atoms with van der Waals surface area (Å²) in [7, 11) is 2.24. The van der Waals surface area contributed by atoms with E-state index in [4.69, 9.17) is 10.1 Å². The summed E-state index contributed by atoms with van der Waals surface area (Å²) in [5.41, 5.74) is 8.94. The van der Waals surface area contributed by atoms with Crippen LogP contribution in [-0.4, -0.2) is 66.9 Å². The number of benzene rings is 2. The van der Waals surface area contributed by atoms with Gasteiger partial charge >= 0.3 is 0 Å². The fourth-order valence-electron chi connectivity index (χ4n) is 6.37. The minimum Gasteiger partial charge on any atom is -0.366 e. The monoisotopic (exact) mass is 576 g/mol. The van der Waals surface area contributed by atoms with Crippen LogP contribution in [0.15, 0.2) is 83.9 Å². The van der Waals surface area contributed by atoms with Crippen molar-refractivity contribution < 1.29 is 0 Å². The smallest absolute Gasteiger partial charge is 0.164 e. The van der Waals surface area contributed by atoms with Crippen LogP contribution >= 0.6 is 15.9 Å². The standard InChI is InChI=1S/C30H25BrN8/c1-37-16-21-13-20(37)17-38(21)19-5-6-23(25(31)14-19)27-9-12-33-30-28(22-3-2-4-26-24(22)15-34-35-26)29(36-39(27)30)18-7-10-32-11-8-18/h2-12,14-15,20-21H,13,16-17H2,1H3,(H,34,35)/t20-,21-/m0/s1. The van der Waals surface area contributed by atoms with E-state index in [1.165, 1.54) is 12.1 Å². The van der Waals surface area contributed by atoms with Crippen LogP contribution in [0.1, 0.15) is 6.42 Å². The second kappa shape index (κ2) is 8.72. The Bertz CT molecular complexity index is 1860. The summed E-state index contributed by atoms with van der Waals surface area (Å²) in [5, 5.41) is 13.6. The van der Waals surface area contributed by atoms with Gasteiger partial charge in [-0.2, -0.15) is 10.2 Å². The number of fused-ring (bicyclic) bond motifs is 4. The number of likely N-dealkylation sites (tertiary alicyclic amines) is 1. The molecule has 192 valence electrons. The molecule has 2 aliphatic rings. The van der Waals surface area contributed by atoms with Crippen LogP contribution in [0.5, 0.6) is 0 Å². The molecule has 2 aromatic carbocycles. The first-order valence-corrected chi connectivity index (χ1v) is 13.9. The van der Waals surface area contributed by atoms with Crippen LogP contribution in [0.25, 0.3) is 50.2 Å². The number of aromatic amines is 1. The third-order valence-corrected chi connectivity index (χ3v) is 8.96. The van der Waals surface area contributed by atoms with E-state index in [1.54, 1.807) is 12.4 Å². The van der Waals surface area contributed by atoms with Gasteiger partial charge in [0.2, 0.25) is 0 Å². The molecule has 0 unspecified atom stereocenters. The van der Waals surface area contributed by atoms with Crippen molar-refractivity contribution in [2.24, 2.45) is 0 Å². The van der Waals surface area contributed by atoms with Gasteiger partial charge in [0.1, 0.15) is 5.69 Å². The van der Waals surface area contributed by atoms with Crippen molar-refractivity contribution in [3.05, 3.63) is 83.9 Å². The summed E-state index contributed by atoms with van der Waals surface area (Å²) in [6.07, 6.45) is 8.59. The molecule has 4 aromatic heterocycles. The Hall–Kier alpha value is -4.08. The molecule has 2 aliphatic heterocycles. The molecule has 2 atom stereocenters. The fourth-order valence-corrected chi connectivity index (χ4v) is 6.94. The number of nitrogens with one attached hydrogen (secondary N) is 1. The van der Waals surface area contributed by atoms with Crippen LogP contribution < -0.4 is 4.90 Å². The lowest BCUT2D eigenvalue weighted by molar-refractivity contribution is 0.292. The summed E-state index contributed by atoms with van der Waals surface area (Å²) in [6, 6.07) is 20.1. The van der Waals surface area contributed by atoms with Crippen LogP contribution in [0.3, 0.4) is 0 Å². The van der Waals surface area contributed by atoms with E-state index in [-0.39, 0.29) is 0 Å². The van der Waals surface area contributed by atoms with Gasteiger partial charge in [-0.1, -0.05) is 28.1 Å². The molecule has 1 N–H and O–H groups in total. The Balaban J connectivity index is 1.30. The SMILES string of the molecule is CN1C[C@@H]2C[C@H]1CN2c1ccc(-c2ccnc3c(-c4cccc5[nH]ncc45)c(-c4ccncc4)nn23)c(Br)c1. The zero-order valence-corrected chi connectivity index (χ0v) is 22.9. The zero-order valence-electron chi connectivity index (χ0n) is 21.3. The average Bonchev–Trinajstić information content (AvgIpc) is 3.75. The molecule has 6 aromatic rings. The molecule has 2 bridgehead atoms. The number of piperazine rings is 1. The van der Waals surface area contributed by atoms with E-state index in [1.807, 2.05) is 47.2 Å². The van der Waals surface area contributed by atoms with E-state index in [9.17, 15) is 0 Å². The van der Waals surface area contributed by atoms with Crippen molar-refractivity contribution in [3.8, 4) is 33.6 Å². The molecule has 39 heavy (non-hydrogen) atoms. The maximum Gasteiger partial charge on any atom is 0.164 e. The quantitative estimate of drug-likeness (QED) is 0.292. The highest BCUT2D eigenvalue weighted by Gasteiger charge is 2.41. The Kier molecular flexibility index (Phi) is 5.11. The van der Waals surface area contributed by atoms with Gasteiger partial charge in [0.15, 0.2) is 5.65 Å². The first kappa shape index (κ1) is 22.9. The van der Waals surface area contributed by atoms with Crippen molar-refractivity contribution in [1.82, 2.24) is 34.7 Å². The predicted molar refractivity (Wildman–Crippen MR) is 157 cm³/mol. The van der Waals surface area contributed by atoms with E-state index in [2.05, 4.69) is 72.2 Å². The highest BCUT2D eigenvalue weighted by Crippen LogP contribution is 2.41. The van der Waals surface area contributed by atoms with Gasteiger partial charge in [-0.05, 0) is 61.5 Å². The van der Waals surface area contributed by atoms with Crippen LogP contribution in [0, 0.1) is 0 Å². The van der Waals surface area contributed by atoms with Gasteiger partial charge in [-0.25, -0.2) is 9.50 Å². The minimum absolute atomic E-state index is 0.590. The van der Waals surface area contributed by atoms with Crippen LogP contribution in [0.4, 0.5) is 5.69 Å². The molecular formula is C30H25BrN8. The highest BCUT2D eigenvalue weighted by atomic mass is 79.9. The van der Waals surface area contributed by atoms with E-state index in [0.717, 1.165) is 67.8 Å². The first-order valence-electron chi connectivity index (χ1n) is 13.1. The lowest BCUT2D eigenvalue weighted by atomic mass is 9.99. The van der Waals surface area contributed by atoms with Gasteiger partial charge in [-0.3, -0.25) is 15.0 Å². The van der Waals surface area contributed by atoms with E-state index >= 15 is 0 Å². The Morgan fingerprint density at radius 2 is 1.85 bits per heavy atom. The number of likely N-dealkylation sites (N-methyl/N-ethyl adjacent to an activating group) is 1. The second-order valence-electron chi connectivity index (χ2n) is 10.5. The first-order chi connectivity index (χ1) is 19.2. The lowest BCUT2D eigenvalue weighted by Gasteiger charge is -2.33. The highest BCUT2D eigenvalue weighted by molar-refractivity contribution is 9.10. The number of hydrogen-bond donors (Lipinski definition) is 1. The summed E-state index contributed by atoms with van der Waals surface area (Å²) in [6.45, 7) is 2.22. The summed E-state index contributed by atoms with van der Waals surface area (Å²) < 4.78 is 3.01. The molecule has 0 amide bonds. The molecule has 8 nitrogen and oxygen atoms in total. The topological polar surface area (TPSA) is 78.2 Å². The number of aromatic nitrogens is 6. The average molecular weight is 577 g/mol. The van der Waals surface area contributed by atoms with Crippen LogP contribution in [-0.2, 0) is 0 Å². The fraction of sp³-hybridized carbons (Fsp3) is 0.200. The molecular weight excluding hydrogens is 552 g/mol. The molecule has 0 spiro atoms. The number of nitrogens with zero attached hydrogens (tertiary/aromatic N) is 7. The summed E-state index contributed by atoms with van der Waals surface area (Å²) in [4.78, 5) is 14.1. The largest absolute Gasteiger partial charge is 0.366 e. The van der Waals surface area contributed by atoms with Gasteiger partial charge in [0.05, 0.1) is 23.0 Å². The number of halogens is 1. The Morgan fingerprint density at radius 3 is 2.64 bits per heavy atom. The molecule has 0 saturated carbocycles. The van der Waals surface area contributed by atoms with Crippen LogP contribution in [0.2, 0.25) is 0 Å². The molecule has 2 saturated heterocycles. The number of hydrogen-bond acceptors (Lipinski definition) is 6. The maximum atomic E-state index is 5.17. The Morgan fingerprint density at radius 1 is 0.949 bits per heavy atom.